The summed E-state index contributed by atoms with van der Waals surface area (Å²) >= 11 is -1.32. The minimum absolute atomic E-state index is 0.0234. The lowest BCUT2D eigenvalue weighted by atomic mass is 10.1. The van der Waals surface area contributed by atoms with E-state index in [2.05, 4.69) is 6.92 Å². The van der Waals surface area contributed by atoms with E-state index < -0.39 is 17.2 Å². The fourth-order valence-electron chi connectivity index (χ4n) is 2.82. The normalized spacial score (nSPS) is 12.0. The molecule has 0 bridgehead atoms. The average Bonchev–Trinajstić information content (AvgIpc) is 3.08. The molecule has 0 saturated carbocycles. The number of hydrogen-bond donors (Lipinski definition) is 2. The number of carbonyl (C=O) groups is 1. The van der Waals surface area contributed by atoms with Crippen molar-refractivity contribution in [2.45, 2.75) is 20.3 Å². The van der Waals surface area contributed by atoms with Crippen LogP contribution in [-0.4, -0.2) is 19.8 Å². The molecule has 0 aliphatic carbocycles. The fourth-order valence-corrected chi connectivity index (χ4v) is 4.55. The Labute approximate surface area is 164 Å². The summed E-state index contributed by atoms with van der Waals surface area (Å²) < 4.78 is 23.2. The summed E-state index contributed by atoms with van der Waals surface area (Å²) in [6.45, 7) is 3.88. The highest BCUT2D eigenvalue weighted by molar-refractivity contribution is 7.81. The Hall–Kier alpha value is -2.48. The zero-order valence-electron chi connectivity index (χ0n) is 14.9. The van der Waals surface area contributed by atoms with Crippen LogP contribution < -0.4 is 4.31 Å². The highest BCUT2D eigenvalue weighted by atomic mass is 32.2. The molecule has 3 rings (SSSR count). The summed E-state index contributed by atoms with van der Waals surface area (Å²) in [6, 6.07) is 16.6. The maximum Gasteiger partial charge on any atom is 0.348 e. The van der Waals surface area contributed by atoms with Crippen molar-refractivity contribution < 1.29 is 18.7 Å². The number of aromatic carboxylic acids is 1. The molecule has 2 aromatic carbocycles. The molecular formula is C20H19NO4S2. The molecule has 3 aromatic rings. The number of hydrogen-bond acceptors (Lipinski definition) is 3. The van der Waals surface area contributed by atoms with E-state index in [1.54, 1.807) is 18.2 Å². The SMILES string of the molecule is CCc1ccc(-c2cc(N(c3ccccc3C)S(=O)O)c(C(=O)O)s2)cc1. The number of thiophene rings is 1. The standard InChI is InChI=1S/C20H19NO4S2/c1-3-14-8-10-15(11-9-14)18-12-17(19(26-18)20(22)23)21(27(24)25)16-7-5-4-6-13(16)2/h4-12H,3H2,1-2H3,(H,22,23)(H,24,25). The summed E-state index contributed by atoms with van der Waals surface area (Å²) in [5, 5.41) is 9.66. The molecule has 0 radical (unpaired) electrons. The van der Waals surface area contributed by atoms with Crippen molar-refractivity contribution >= 4 is 39.9 Å². The Kier molecular flexibility index (Phi) is 5.74. The number of aryl methyl sites for hydroxylation is 2. The Morgan fingerprint density at radius 3 is 2.33 bits per heavy atom. The van der Waals surface area contributed by atoms with Crippen LogP contribution in [0.1, 0.15) is 27.7 Å². The van der Waals surface area contributed by atoms with Gasteiger partial charge >= 0.3 is 5.97 Å². The topological polar surface area (TPSA) is 77.8 Å². The molecule has 140 valence electrons. The number of para-hydroxylation sites is 1. The molecule has 0 amide bonds. The third-order valence-electron chi connectivity index (χ3n) is 4.26. The van der Waals surface area contributed by atoms with E-state index >= 15 is 0 Å². The Balaban J connectivity index is 2.15. The number of rotatable bonds is 6. The average molecular weight is 402 g/mol. The number of carboxylic acid groups (broad SMARTS) is 1. The Bertz CT molecular complexity index is 995. The molecule has 1 unspecified atom stereocenters. The second kappa shape index (κ2) is 8.04. The van der Waals surface area contributed by atoms with E-state index in [1.807, 2.05) is 43.3 Å². The first-order chi connectivity index (χ1) is 12.9. The summed E-state index contributed by atoms with van der Waals surface area (Å²) in [6.07, 6.45) is 0.918. The number of carboxylic acids is 1. The van der Waals surface area contributed by atoms with E-state index in [4.69, 9.17) is 0 Å². The first-order valence-electron chi connectivity index (χ1n) is 8.35. The monoisotopic (exact) mass is 401 g/mol. The molecule has 5 nitrogen and oxygen atoms in total. The molecule has 7 heteroatoms. The van der Waals surface area contributed by atoms with Crippen LogP contribution in [0, 0.1) is 6.92 Å². The van der Waals surface area contributed by atoms with Crippen molar-refractivity contribution in [3.05, 3.63) is 70.6 Å². The van der Waals surface area contributed by atoms with Gasteiger partial charge < -0.3 is 5.11 Å². The molecular weight excluding hydrogens is 382 g/mol. The smallest absolute Gasteiger partial charge is 0.348 e. The zero-order chi connectivity index (χ0) is 19.6. The van der Waals surface area contributed by atoms with Crippen LogP contribution in [0.5, 0.6) is 0 Å². The largest absolute Gasteiger partial charge is 0.477 e. The van der Waals surface area contributed by atoms with Crippen LogP contribution in [0.2, 0.25) is 0 Å². The molecule has 2 N–H and O–H groups in total. The van der Waals surface area contributed by atoms with Crippen LogP contribution >= 0.6 is 11.3 Å². The van der Waals surface area contributed by atoms with Gasteiger partial charge in [-0.3, -0.25) is 4.55 Å². The molecule has 1 heterocycles. The molecule has 27 heavy (non-hydrogen) atoms. The van der Waals surface area contributed by atoms with Crippen molar-refractivity contribution in [2.24, 2.45) is 0 Å². The lowest BCUT2D eigenvalue weighted by Gasteiger charge is -2.21. The van der Waals surface area contributed by atoms with Crippen LogP contribution in [0.4, 0.5) is 11.4 Å². The molecule has 0 fully saturated rings. The highest BCUT2D eigenvalue weighted by Crippen LogP contribution is 2.41. The second-order valence-electron chi connectivity index (χ2n) is 5.99. The fraction of sp³-hybridized carbons (Fsp3) is 0.150. The molecule has 0 aliphatic rings. The van der Waals surface area contributed by atoms with E-state index in [0.29, 0.717) is 5.69 Å². The molecule has 0 aliphatic heterocycles. The van der Waals surface area contributed by atoms with Gasteiger partial charge in [0, 0.05) is 4.88 Å². The van der Waals surface area contributed by atoms with Crippen molar-refractivity contribution in [1.29, 1.82) is 0 Å². The quantitative estimate of drug-likeness (QED) is 0.552. The summed E-state index contributed by atoms with van der Waals surface area (Å²) in [7, 11) is 0. The lowest BCUT2D eigenvalue weighted by Crippen LogP contribution is -2.21. The summed E-state index contributed by atoms with van der Waals surface area (Å²) in [4.78, 5) is 12.6. The van der Waals surface area contributed by atoms with Gasteiger partial charge in [-0.15, -0.1) is 11.3 Å². The maximum atomic E-state index is 12.1. The van der Waals surface area contributed by atoms with Gasteiger partial charge in [-0.25, -0.2) is 13.3 Å². The number of anilines is 2. The van der Waals surface area contributed by atoms with Crippen molar-refractivity contribution in [3.8, 4) is 10.4 Å². The van der Waals surface area contributed by atoms with E-state index in [1.165, 1.54) is 5.56 Å². The first-order valence-corrected chi connectivity index (χ1v) is 10.2. The maximum absolute atomic E-state index is 12.1. The lowest BCUT2D eigenvalue weighted by molar-refractivity contribution is 0.0703. The van der Waals surface area contributed by atoms with Gasteiger partial charge in [0.25, 0.3) is 11.3 Å². The third kappa shape index (κ3) is 3.95. The van der Waals surface area contributed by atoms with Crippen LogP contribution in [0.25, 0.3) is 10.4 Å². The summed E-state index contributed by atoms with van der Waals surface area (Å²) in [5.74, 6) is -1.13. The minimum Gasteiger partial charge on any atom is -0.477 e. The highest BCUT2D eigenvalue weighted by Gasteiger charge is 2.26. The van der Waals surface area contributed by atoms with Gasteiger partial charge in [-0.2, -0.15) is 0 Å². The predicted molar refractivity (Wildman–Crippen MR) is 110 cm³/mol. The Morgan fingerprint density at radius 2 is 1.78 bits per heavy atom. The number of benzene rings is 2. The molecule has 0 spiro atoms. The zero-order valence-corrected chi connectivity index (χ0v) is 16.5. The van der Waals surface area contributed by atoms with Gasteiger partial charge in [0.05, 0.1) is 11.4 Å². The minimum atomic E-state index is -2.41. The third-order valence-corrected chi connectivity index (χ3v) is 6.13. The predicted octanol–water partition coefficient (Wildman–Crippen LogP) is 5.26. The molecule has 1 aromatic heterocycles. The van der Waals surface area contributed by atoms with Crippen molar-refractivity contribution in [1.82, 2.24) is 0 Å². The van der Waals surface area contributed by atoms with Gasteiger partial charge in [-0.05, 0) is 42.2 Å². The molecule has 1 atom stereocenters. The van der Waals surface area contributed by atoms with Crippen LogP contribution in [0.3, 0.4) is 0 Å². The van der Waals surface area contributed by atoms with E-state index in [-0.39, 0.29) is 10.6 Å². The Morgan fingerprint density at radius 1 is 1.11 bits per heavy atom. The second-order valence-corrected chi connectivity index (χ2v) is 7.87. The van der Waals surface area contributed by atoms with Gasteiger partial charge in [-0.1, -0.05) is 49.4 Å². The van der Waals surface area contributed by atoms with Gasteiger partial charge in [0.1, 0.15) is 4.88 Å². The van der Waals surface area contributed by atoms with Crippen LogP contribution in [-0.2, 0) is 17.7 Å². The number of nitrogens with zero attached hydrogens (tertiary/aromatic N) is 1. The van der Waals surface area contributed by atoms with Gasteiger partial charge in [0.15, 0.2) is 0 Å². The first kappa shape index (κ1) is 19.3. The van der Waals surface area contributed by atoms with E-state index in [9.17, 15) is 18.7 Å². The molecule has 0 saturated heterocycles. The van der Waals surface area contributed by atoms with Crippen molar-refractivity contribution in [3.63, 3.8) is 0 Å². The van der Waals surface area contributed by atoms with Crippen LogP contribution in [0.15, 0.2) is 54.6 Å². The van der Waals surface area contributed by atoms with Gasteiger partial charge in [0.2, 0.25) is 0 Å². The van der Waals surface area contributed by atoms with Crippen molar-refractivity contribution in [2.75, 3.05) is 4.31 Å². The summed E-state index contributed by atoms with van der Waals surface area (Å²) in [5.41, 5.74) is 3.53. The van der Waals surface area contributed by atoms with E-state index in [0.717, 1.165) is 38.1 Å².